The molecule has 0 bridgehead atoms. The Balaban J connectivity index is 1.76. The van der Waals surface area contributed by atoms with Crippen LogP contribution in [0.5, 0.6) is 5.75 Å². The van der Waals surface area contributed by atoms with Crippen molar-refractivity contribution in [3.63, 3.8) is 0 Å². The first-order chi connectivity index (χ1) is 13.6. The molecule has 1 aromatic heterocycles. The molecule has 1 aromatic carbocycles. The molecule has 0 aliphatic heterocycles. The van der Waals surface area contributed by atoms with E-state index in [4.69, 9.17) is 4.74 Å². The predicted octanol–water partition coefficient (Wildman–Crippen LogP) is 3.52. The molecule has 28 heavy (non-hydrogen) atoms. The van der Waals surface area contributed by atoms with Crippen molar-refractivity contribution >= 4 is 5.96 Å². The minimum atomic E-state index is -0.295. The summed E-state index contributed by atoms with van der Waals surface area (Å²) in [6, 6.07) is 6.23. The van der Waals surface area contributed by atoms with Crippen LogP contribution in [0, 0.1) is 12.7 Å². The number of ether oxygens (including phenoxy) is 1. The second kappa shape index (κ2) is 12.0. The van der Waals surface area contributed by atoms with E-state index >= 15 is 0 Å². The minimum Gasteiger partial charge on any atom is -0.488 e. The second-order valence-corrected chi connectivity index (χ2v) is 6.63. The van der Waals surface area contributed by atoms with Gasteiger partial charge in [-0.15, -0.1) is 0 Å². The van der Waals surface area contributed by atoms with Crippen molar-refractivity contribution in [1.29, 1.82) is 0 Å². The highest BCUT2D eigenvalue weighted by molar-refractivity contribution is 5.79. The number of aromatic nitrogens is 2. The molecule has 1 heterocycles. The van der Waals surface area contributed by atoms with Gasteiger partial charge in [0.2, 0.25) is 0 Å². The zero-order chi connectivity index (χ0) is 20.2. The molecule has 2 rings (SSSR count). The van der Waals surface area contributed by atoms with Gasteiger partial charge in [-0.05, 0) is 45.2 Å². The van der Waals surface area contributed by atoms with Crippen LogP contribution >= 0.6 is 0 Å². The third kappa shape index (κ3) is 7.58. The van der Waals surface area contributed by atoms with Crippen LogP contribution in [0.15, 0.2) is 41.7 Å². The fourth-order valence-electron chi connectivity index (χ4n) is 2.77. The van der Waals surface area contributed by atoms with E-state index in [-0.39, 0.29) is 11.9 Å². The van der Waals surface area contributed by atoms with Gasteiger partial charge in [0.25, 0.3) is 0 Å². The van der Waals surface area contributed by atoms with Gasteiger partial charge in [0, 0.05) is 38.1 Å². The number of benzene rings is 1. The summed E-state index contributed by atoms with van der Waals surface area (Å²) in [5, 5.41) is 6.62. The number of aryl methyl sites for hydroxylation is 2. The lowest BCUT2D eigenvalue weighted by Crippen LogP contribution is -2.38. The van der Waals surface area contributed by atoms with Crippen LogP contribution in [0.25, 0.3) is 0 Å². The lowest BCUT2D eigenvalue weighted by Gasteiger charge is -2.17. The monoisotopic (exact) mass is 389 g/mol. The van der Waals surface area contributed by atoms with Gasteiger partial charge in [0.1, 0.15) is 23.5 Å². The number of guanidine groups is 1. The molecule has 1 unspecified atom stereocenters. The predicted molar refractivity (Wildman–Crippen MR) is 111 cm³/mol. The fraction of sp³-hybridized carbons (Fsp3) is 0.524. The van der Waals surface area contributed by atoms with Crippen molar-refractivity contribution in [2.75, 3.05) is 19.6 Å². The third-order valence-electron chi connectivity index (χ3n) is 4.39. The van der Waals surface area contributed by atoms with Gasteiger partial charge in [-0.3, -0.25) is 0 Å². The quantitative estimate of drug-likeness (QED) is 0.351. The lowest BCUT2D eigenvalue weighted by molar-refractivity contribution is 0.205. The normalized spacial score (nSPS) is 12.6. The first-order valence-electron chi connectivity index (χ1n) is 10.0. The molecule has 154 valence electrons. The zero-order valence-corrected chi connectivity index (χ0v) is 17.1. The average molecular weight is 390 g/mol. The summed E-state index contributed by atoms with van der Waals surface area (Å²) < 4.78 is 21.3. The molecule has 2 N–H and O–H groups in total. The number of imidazole rings is 1. The molecule has 0 aliphatic carbocycles. The van der Waals surface area contributed by atoms with Crippen molar-refractivity contribution in [1.82, 2.24) is 20.2 Å². The molecular formula is C21H32FN5O. The first-order valence-corrected chi connectivity index (χ1v) is 10.0. The summed E-state index contributed by atoms with van der Waals surface area (Å²) in [6.45, 7) is 9.22. The van der Waals surface area contributed by atoms with Gasteiger partial charge in [0.15, 0.2) is 5.96 Å². The van der Waals surface area contributed by atoms with Crippen LogP contribution in [-0.2, 0) is 6.54 Å². The minimum absolute atomic E-state index is 0.0959. The Morgan fingerprint density at radius 2 is 2.14 bits per heavy atom. The summed E-state index contributed by atoms with van der Waals surface area (Å²) in [5.41, 5.74) is 0. The maximum Gasteiger partial charge on any atom is 0.191 e. The third-order valence-corrected chi connectivity index (χ3v) is 4.39. The largest absolute Gasteiger partial charge is 0.488 e. The van der Waals surface area contributed by atoms with Crippen molar-refractivity contribution in [3.8, 4) is 5.75 Å². The van der Waals surface area contributed by atoms with Crippen LogP contribution in [0.1, 0.15) is 38.9 Å². The highest BCUT2D eigenvalue weighted by atomic mass is 19.1. The molecule has 0 saturated carbocycles. The number of halogens is 1. The van der Waals surface area contributed by atoms with Crippen molar-refractivity contribution < 1.29 is 9.13 Å². The van der Waals surface area contributed by atoms with E-state index in [2.05, 4.69) is 25.2 Å². The highest BCUT2D eigenvalue weighted by Gasteiger charge is 2.09. The number of hydrogen-bond donors (Lipinski definition) is 2. The summed E-state index contributed by atoms with van der Waals surface area (Å²) in [7, 11) is 0. The van der Waals surface area contributed by atoms with E-state index in [0.717, 1.165) is 50.7 Å². The molecule has 7 heteroatoms. The Morgan fingerprint density at radius 1 is 1.29 bits per heavy atom. The molecule has 0 amide bonds. The van der Waals surface area contributed by atoms with Gasteiger partial charge in [-0.2, -0.15) is 0 Å². The molecule has 0 fully saturated rings. The van der Waals surface area contributed by atoms with Crippen LogP contribution in [0.2, 0.25) is 0 Å². The number of nitrogens with zero attached hydrogens (tertiary/aromatic N) is 3. The summed E-state index contributed by atoms with van der Waals surface area (Å²) in [4.78, 5) is 8.86. The highest BCUT2D eigenvalue weighted by Crippen LogP contribution is 2.15. The van der Waals surface area contributed by atoms with Crippen LogP contribution in [0.3, 0.4) is 0 Å². The number of hydrogen-bond acceptors (Lipinski definition) is 3. The second-order valence-electron chi connectivity index (χ2n) is 6.63. The van der Waals surface area contributed by atoms with E-state index in [1.54, 1.807) is 12.1 Å². The van der Waals surface area contributed by atoms with Gasteiger partial charge < -0.3 is 19.9 Å². The molecule has 0 spiro atoms. The van der Waals surface area contributed by atoms with E-state index in [0.29, 0.717) is 12.3 Å². The summed E-state index contributed by atoms with van der Waals surface area (Å²) in [5.74, 6) is 2.07. The van der Waals surface area contributed by atoms with E-state index in [1.165, 1.54) is 12.1 Å². The Morgan fingerprint density at radius 3 is 2.82 bits per heavy atom. The van der Waals surface area contributed by atoms with Gasteiger partial charge >= 0.3 is 0 Å². The molecule has 6 nitrogen and oxygen atoms in total. The Kier molecular flexibility index (Phi) is 9.31. The van der Waals surface area contributed by atoms with E-state index in [9.17, 15) is 4.39 Å². The number of aliphatic imine (C=N–C) groups is 1. The van der Waals surface area contributed by atoms with Gasteiger partial charge in [-0.1, -0.05) is 13.0 Å². The Labute approximate surface area is 167 Å². The molecule has 0 saturated heterocycles. The zero-order valence-electron chi connectivity index (χ0n) is 17.1. The molecular weight excluding hydrogens is 357 g/mol. The van der Waals surface area contributed by atoms with Crippen molar-refractivity contribution in [2.45, 2.75) is 52.7 Å². The fourth-order valence-corrected chi connectivity index (χ4v) is 2.77. The first kappa shape index (κ1) is 21.7. The summed E-state index contributed by atoms with van der Waals surface area (Å²) >= 11 is 0. The number of rotatable bonds is 11. The van der Waals surface area contributed by atoms with Gasteiger partial charge in [0.05, 0.1) is 6.54 Å². The SMILES string of the molecule is CCNC(=NCC(CC)Oc1cccc(F)c1)NCCCCn1ccnc1C. The number of unbranched alkanes of at least 4 members (excludes halogenated alkanes) is 1. The standard InChI is InChI=1S/C21H32FN5O/c1-4-19(28-20-10-8-9-18(22)15-20)16-26-21(23-5-2)25-11-6-7-13-27-14-12-24-17(27)3/h8-10,12,14-15,19H,4-7,11,13,16H2,1-3H3,(H2,23,25,26). The molecule has 2 aromatic rings. The van der Waals surface area contributed by atoms with Crippen molar-refractivity contribution in [2.24, 2.45) is 4.99 Å². The van der Waals surface area contributed by atoms with Crippen LogP contribution in [-0.4, -0.2) is 41.2 Å². The Hall–Kier alpha value is -2.57. The Bertz CT molecular complexity index is 731. The van der Waals surface area contributed by atoms with Gasteiger partial charge in [-0.25, -0.2) is 14.4 Å². The van der Waals surface area contributed by atoms with Crippen LogP contribution < -0.4 is 15.4 Å². The molecule has 0 aliphatic rings. The average Bonchev–Trinajstić information content (AvgIpc) is 3.09. The van der Waals surface area contributed by atoms with E-state index < -0.39 is 0 Å². The maximum atomic E-state index is 13.3. The number of nitrogens with one attached hydrogen (secondary N) is 2. The van der Waals surface area contributed by atoms with E-state index in [1.807, 2.05) is 33.2 Å². The molecule has 0 radical (unpaired) electrons. The van der Waals surface area contributed by atoms with Crippen LogP contribution in [0.4, 0.5) is 4.39 Å². The summed E-state index contributed by atoms with van der Waals surface area (Å²) in [6.07, 6.45) is 6.66. The topological polar surface area (TPSA) is 63.5 Å². The maximum absolute atomic E-state index is 13.3. The molecule has 1 atom stereocenters. The van der Waals surface area contributed by atoms with Crippen molar-refractivity contribution in [3.05, 3.63) is 48.3 Å². The smallest absolute Gasteiger partial charge is 0.191 e. The lowest BCUT2D eigenvalue weighted by atomic mass is 10.2.